The van der Waals surface area contributed by atoms with E-state index >= 15 is 0 Å². The Morgan fingerprint density at radius 2 is 1.91 bits per heavy atom. The van der Waals surface area contributed by atoms with Crippen molar-refractivity contribution in [1.82, 2.24) is 4.98 Å². The van der Waals surface area contributed by atoms with E-state index in [0.29, 0.717) is 6.61 Å². The maximum Gasteiger partial charge on any atom is 0.203 e. The van der Waals surface area contributed by atoms with Crippen LogP contribution in [0.3, 0.4) is 0 Å². The van der Waals surface area contributed by atoms with Crippen LogP contribution in [0, 0.1) is 6.92 Å². The van der Waals surface area contributed by atoms with E-state index in [2.05, 4.69) is 15.5 Å². The number of anilines is 1. The number of aromatic nitrogens is 1. The van der Waals surface area contributed by atoms with Crippen molar-refractivity contribution >= 4 is 22.7 Å². The maximum atomic E-state index is 5.81. The van der Waals surface area contributed by atoms with Crippen molar-refractivity contribution in [3.63, 3.8) is 0 Å². The average molecular weight is 323 g/mol. The molecule has 2 aromatic carbocycles. The number of rotatable bonds is 6. The first-order valence-electron chi connectivity index (χ1n) is 7.28. The minimum atomic E-state index is 0.503. The summed E-state index contributed by atoms with van der Waals surface area (Å²) in [7, 11) is 0. The average Bonchev–Trinajstić information content (AvgIpc) is 3.00. The number of nitrogens with zero attached hydrogens (tertiary/aromatic N) is 2. The summed E-state index contributed by atoms with van der Waals surface area (Å²) in [4.78, 5) is 4.31. The van der Waals surface area contributed by atoms with Gasteiger partial charge in [-0.25, -0.2) is 4.98 Å². The molecule has 0 aliphatic carbocycles. The number of hydrogen-bond acceptors (Lipinski definition) is 5. The predicted molar refractivity (Wildman–Crippen MR) is 95.3 cm³/mol. The molecule has 3 aromatic rings. The lowest BCUT2D eigenvalue weighted by atomic mass is 10.1. The molecule has 0 fully saturated rings. The molecule has 0 atom stereocenters. The molecule has 0 spiro atoms. The highest BCUT2D eigenvalue weighted by Crippen LogP contribution is 2.15. The second kappa shape index (κ2) is 7.56. The van der Waals surface area contributed by atoms with E-state index in [1.807, 2.05) is 66.9 Å². The molecule has 0 aliphatic rings. The van der Waals surface area contributed by atoms with Gasteiger partial charge in [-0.15, -0.1) is 11.3 Å². The molecule has 0 saturated heterocycles. The van der Waals surface area contributed by atoms with Gasteiger partial charge in [-0.1, -0.05) is 42.5 Å². The van der Waals surface area contributed by atoms with Gasteiger partial charge in [-0.3, -0.25) is 5.43 Å². The third kappa shape index (κ3) is 4.40. The van der Waals surface area contributed by atoms with Crippen molar-refractivity contribution < 1.29 is 4.74 Å². The summed E-state index contributed by atoms with van der Waals surface area (Å²) in [5.74, 6) is 0.857. The summed E-state index contributed by atoms with van der Waals surface area (Å²) in [6, 6.07) is 17.8. The molecule has 3 rings (SSSR count). The maximum absolute atomic E-state index is 5.81. The summed E-state index contributed by atoms with van der Waals surface area (Å²) in [6.07, 6.45) is 1.79. The number of nitrogens with one attached hydrogen (secondary N) is 1. The molecule has 0 saturated carbocycles. The lowest BCUT2D eigenvalue weighted by Gasteiger charge is -2.08. The smallest absolute Gasteiger partial charge is 0.203 e. The number of thiazole rings is 1. The number of benzene rings is 2. The Morgan fingerprint density at radius 1 is 1.13 bits per heavy atom. The molecule has 4 nitrogen and oxygen atoms in total. The van der Waals surface area contributed by atoms with Crippen molar-refractivity contribution in [2.45, 2.75) is 13.5 Å². The molecule has 0 amide bonds. The molecule has 1 N–H and O–H groups in total. The lowest BCUT2D eigenvalue weighted by Crippen LogP contribution is -2.00. The summed E-state index contributed by atoms with van der Waals surface area (Å²) in [6.45, 7) is 2.46. The summed E-state index contributed by atoms with van der Waals surface area (Å²) >= 11 is 1.54. The number of para-hydroxylation sites is 1. The Balaban J connectivity index is 1.65. The van der Waals surface area contributed by atoms with Crippen LogP contribution in [0.1, 0.15) is 16.8 Å². The normalized spacial score (nSPS) is 10.8. The van der Waals surface area contributed by atoms with E-state index in [0.717, 1.165) is 27.7 Å². The van der Waals surface area contributed by atoms with Gasteiger partial charge >= 0.3 is 0 Å². The van der Waals surface area contributed by atoms with E-state index in [4.69, 9.17) is 4.74 Å². The molecule has 116 valence electrons. The first-order chi connectivity index (χ1) is 11.3. The van der Waals surface area contributed by atoms with Crippen molar-refractivity contribution in [3.8, 4) is 5.75 Å². The Hall–Kier alpha value is -2.66. The summed E-state index contributed by atoms with van der Waals surface area (Å²) in [5, 5.41) is 7.03. The second-order valence-corrected chi connectivity index (χ2v) is 5.82. The number of hydrogen-bond donors (Lipinski definition) is 1. The SMILES string of the molecule is Cc1csc(NN=Cc2ccccc2COc2ccccc2)n1. The highest BCUT2D eigenvalue weighted by atomic mass is 32.1. The monoisotopic (exact) mass is 323 g/mol. The quantitative estimate of drug-likeness (QED) is 0.537. The summed E-state index contributed by atoms with van der Waals surface area (Å²) in [5.41, 5.74) is 6.04. The molecule has 0 bridgehead atoms. The van der Waals surface area contributed by atoms with Crippen molar-refractivity contribution in [3.05, 3.63) is 76.8 Å². The molecule has 5 heteroatoms. The Morgan fingerprint density at radius 3 is 2.70 bits per heavy atom. The largest absolute Gasteiger partial charge is 0.489 e. The highest BCUT2D eigenvalue weighted by Gasteiger charge is 2.01. The Bertz CT molecular complexity index is 784. The Labute approximate surface area is 139 Å². The molecule has 0 aliphatic heterocycles. The van der Waals surface area contributed by atoms with Crippen LogP contribution in [0.25, 0.3) is 0 Å². The minimum Gasteiger partial charge on any atom is -0.489 e. The van der Waals surface area contributed by atoms with Crippen molar-refractivity contribution in [1.29, 1.82) is 0 Å². The molecule has 0 radical (unpaired) electrons. The third-order valence-electron chi connectivity index (χ3n) is 3.18. The zero-order valence-corrected chi connectivity index (χ0v) is 13.6. The van der Waals surface area contributed by atoms with Crippen molar-refractivity contribution in [2.24, 2.45) is 5.10 Å². The fraction of sp³-hybridized carbons (Fsp3) is 0.111. The van der Waals surface area contributed by atoms with Gasteiger partial charge in [0.1, 0.15) is 12.4 Å². The van der Waals surface area contributed by atoms with Crippen LogP contribution in [0.2, 0.25) is 0 Å². The standard InChI is InChI=1S/C18H17N3OS/c1-14-13-23-18(20-14)21-19-11-15-7-5-6-8-16(15)12-22-17-9-3-2-4-10-17/h2-11,13H,12H2,1H3,(H,20,21). The topological polar surface area (TPSA) is 46.5 Å². The van der Waals surface area contributed by atoms with Crippen LogP contribution >= 0.6 is 11.3 Å². The lowest BCUT2D eigenvalue weighted by molar-refractivity contribution is 0.306. The van der Waals surface area contributed by atoms with Crippen LogP contribution < -0.4 is 10.2 Å². The van der Waals surface area contributed by atoms with Gasteiger partial charge in [0.05, 0.1) is 11.9 Å². The van der Waals surface area contributed by atoms with E-state index in [9.17, 15) is 0 Å². The molecular formula is C18H17N3OS. The zero-order valence-electron chi connectivity index (χ0n) is 12.8. The van der Waals surface area contributed by atoms with Crippen LogP contribution in [0.15, 0.2) is 65.1 Å². The van der Waals surface area contributed by atoms with Crippen LogP contribution in [0.4, 0.5) is 5.13 Å². The van der Waals surface area contributed by atoms with E-state index in [1.165, 1.54) is 11.3 Å². The van der Waals surface area contributed by atoms with E-state index in [1.54, 1.807) is 6.21 Å². The van der Waals surface area contributed by atoms with E-state index < -0.39 is 0 Å². The molecular weight excluding hydrogens is 306 g/mol. The van der Waals surface area contributed by atoms with Crippen LogP contribution in [-0.4, -0.2) is 11.2 Å². The van der Waals surface area contributed by atoms with Crippen molar-refractivity contribution in [2.75, 3.05) is 5.43 Å². The number of aryl methyl sites for hydroxylation is 1. The van der Waals surface area contributed by atoms with Crippen LogP contribution in [0.5, 0.6) is 5.75 Å². The second-order valence-electron chi connectivity index (χ2n) is 4.96. The van der Waals surface area contributed by atoms with Crippen LogP contribution in [-0.2, 0) is 6.61 Å². The van der Waals surface area contributed by atoms with Gasteiger partial charge in [0.15, 0.2) is 0 Å². The molecule has 0 unspecified atom stereocenters. The number of hydrazone groups is 1. The Kier molecular flexibility index (Phi) is 5.01. The minimum absolute atomic E-state index is 0.503. The van der Waals surface area contributed by atoms with Gasteiger partial charge in [-0.2, -0.15) is 5.10 Å². The zero-order chi connectivity index (χ0) is 15.9. The third-order valence-corrected chi connectivity index (χ3v) is 4.04. The number of ether oxygens (including phenoxy) is 1. The van der Waals surface area contributed by atoms with Gasteiger partial charge < -0.3 is 4.74 Å². The van der Waals surface area contributed by atoms with Gasteiger partial charge in [0, 0.05) is 10.9 Å². The first-order valence-corrected chi connectivity index (χ1v) is 8.16. The molecule has 23 heavy (non-hydrogen) atoms. The van der Waals surface area contributed by atoms with Gasteiger partial charge in [-0.05, 0) is 24.6 Å². The molecule has 1 aromatic heterocycles. The predicted octanol–water partition coefficient (Wildman–Crippen LogP) is 4.48. The van der Waals surface area contributed by atoms with E-state index in [-0.39, 0.29) is 0 Å². The summed E-state index contributed by atoms with van der Waals surface area (Å²) < 4.78 is 5.81. The highest BCUT2D eigenvalue weighted by molar-refractivity contribution is 7.13. The van der Waals surface area contributed by atoms with Gasteiger partial charge in [0.25, 0.3) is 0 Å². The van der Waals surface area contributed by atoms with Gasteiger partial charge in [0.2, 0.25) is 5.13 Å². The first kappa shape index (κ1) is 15.2. The fourth-order valence-corrected chi connectivity index (χ4v) is 2.67. The molecule has 1 heterocycles. The fourth-order valence-electron chi connectivity index (χ4n) is 2.03.